The fraction of sp³-hybridized carbons (Fsp3) is 0.802. The lowest BCUT2D eigenvalue weighted by molar-refractivity contribution is -0.137. The molecular formula is C96H182N26O19. The molecule has 0 aliphatic heterocycles. The van der Waals surface area contributed by atoms with Crippen molar-refractivity contribution in [3.63, 3.8) is 0 Å². The average Bonchev–Trinajstić information content (AvgIpc) is 0.854. The van der Waals surface area contributed by atoms with Gasteiger partial charge in [0.2, 0.25) is 112 Å². The fourth-order valence-corrected chi connectivity index (χ4v) is 15.5. The van der Waals surface area contributed by atoms with Crippen molar-refractivity contribution in [2.75, 3.05) is 45.8 Å². The molecule has 0 saturated carbocycles. The van der Waals surface area contributed by atoms with E-state index < -0.39 is 216 Å². The molecule has 0 aromatic rings. The zero-order chi connectivity index (χ0) is 107. The van der Waals surface area contributed by atoms with Crippen molar-refractivity contribution in [2.45, 2.75) is 400 Å². The quantitative estimate of drug-likeness (QED) is 0.0142. The summed E-state index contributed by atoms with van der Waals surface area (Å²) in [6.45, 7) is 29.8. The van der Waals surface area contributed by atoms with Crippen LogP contribution in [-0.2, 0) is 91.1 Å². The summed E-state index contributed by atoms with van der Waals surface area (Å²) in [7, 11) is 0. The van der Waals surface area contributed by atoms with Crippen molar-refractivity contribution in [3.05, 3.63) is 0 Å². The number of hydrazine groups is 1. The molecule has 45 heteroatoms. The predicted molar refractivity (Wildman–Crippen MR) is 539 cm³/mol. The number of carbonyl (C=O) groups excluding carboxylic acids is 19. The standard InChI is InChI=1S/C96H182N26O19/c1-55(2)46-63(102)82(127)108-69(36-38-78(103)123)88(133)111-67(33-22-27-43-100)86(131)117-76(52-61(13)14)95(140)121-74(50-59(9)10)93(138)114-70(37-39-79(104)124)89(134)118-77(53-62(15)16)96(141)120-72(48-57(5)6)91(136)112-65(31-20-25-41-98)84(129)110-66(32-21-26-42-99)85(130)116-75(51-60(11)12)94(139)119-73(49-58(7)8)92(137)113-68(34-23-28-44-101)87(132)115-71(47-56(3)4)90(135)109-64(30-19-24-40-97)83(128)107-54-81(126)106-45-29-17-18-35-80(125)122-105/h55-77H,17-54,97-102,105H2,1-16H3,(H2,103,123)(H2,104,124)(H,106,126)(H,107,128)(H,108,127)(H,109,135)(H,110,129)(H,111,133)(H,112,136)(H,113,137)(H,114,138)(H,115,132)(H,116,130)(H,117,131)(H,118,134)(H,119,139)(H,120,141)(H,121,140)(H,122,125)/t63-,64-,65-,66-,67-,68-,69-,70-,71-,72-,73-,74-,75-,76-,77-/m0/s1. The fourth-order valence-electron chi connectivity index (χ4n) is 15.5. The van der Waals surface area contributed by atoms with Crippen LogP contribution in [0.15, 0.2) is 0 Å². The first-order valence-corrected chi connectivity index (χ1v) is 51.0. The van der Waals surface area contributed by atoms with E-state index in [0.717, 1.165) is 0 Å². The van der Waals surface area contributed by atoms with Gasteiger partial charge in [0.05, 0.1) is 12.6 Å². The number of rotatable bonds is 79. The maximum Gasteiger partial charge on any atom is 0.243 e. The third-order valence-electron chi connectivity index (χ3n) is 23.0. The third kappa shape index (κ3) is 59.4. The highest BCUT2D eigenvalue weighted by Crippen LogP contribution is 2.20. The molecular weight excluding hydrogens is 1820 g/mol. The maximum absolute atomic E-state index is 15.0. The Hall–Kier alpha value is -10.3. The van der Waals surface area contributed by atoms with Gasteiger partial charge in [-0.1, -0.05) is 117 Å². The minimum atomic E-state index is -1.60. The van der Waals surface area contributed by atoms with E-state index in [1.165, 1.54) is 0 Å². The van der Waals surface area contributed by atoms with Gasteiger partial charge in [0, 0.05) is 25.8 Å². The summed E-state index contributed by atoms with van der Waals surface area (Å²) < 4.78 is 0. The van der Waals surface area contributed by atoms with Crippen molar-refractivity contribution in [1.29, 1.82) is 0 Å². The Bertz CT molecular complexity index is 3840. The number of carbonyl (C=O) groups is 19. The van der Waals surface area contributed by atoms with E-state index in [0.29, 0.717) is 83.6 Å². The van der Waals surface area contributed by atoms with Crippen LogP contribution < -0.4 is 142 Å². The highest BCUT2D eigenvalue weighted by Gasteiger charge is 2.40. The summed E-state index contributed by atoms with van der Waals surface area (Å²) >= 11 is 0. The first-order valence-electron chi connectivity index (χ1n) is 51.0. The van der Waals surface area contributed by atoms with Crippen molar-refractivity contribution < 1.29 is 91.1 Å². The molecule has 0 fully saturated rings. The highest BCUT2D eigenvalue weighted by molar-refractivity contribution is 6.01. The van der Waals surface area contributed by atoms with Crippen LogP contribution >= 0.6 is 0 Å². The summed E-state index contributed by atoms with van der Waals surface area (Å²) in [5.74, 6) is -11.2. The average molecular weight is 2000 g/mol. The molecule has 810 valence electrons. The monoisotopic (exact) mass is 2000 g/mol. The molecule has 0 heterocycles. The zero-order valence-electron chi connectivity index (χ0n) is 87.1. The lowest BCUT2D eigenvalue weighted by atomic mass is 9.98. The second-order valence-corrected chi connectivity index (χ2v) is 40.4. The summed E-state index contributed by atoms with van der Waals surface area (Å²) in [5, 5.41) is 43.8. The second kappa shape index (κ2) is 73.7. The molecule has 0 radical (unpaired) electrons. The van der Waals surface area contributed by atoms with E-state index >= 15 is 0 Å². The molecule has 35 N–H and O–H groups in total. The second-order valence-electron chi connectivity index (χ2n) is 40.4. The molecule has 141 heavy (non-hydrogen) atoms. The Morgan fingerprint density at radius 3 is 0.610 bits per heavy atom. The molecule has 0 rings (SSSR count). The molecule has 0 aliphatic carbocycles. The molecule has 45 nitrogen and oxygen atoms in total. The van der Waals surface area contributed by atoms with Crippen LogP contribution in [-0.4, -0.2) is 249 Å². The normalized spacial score (nSPS) is 14.7. The van der Waals surface area contributed by atoms with Crippen LogP contribution in [0.1, 0.15) is 310 Å². The van der Waals surface area contributed by atoms with E-state index in [9.17, 15) is 91.1 Å². The minimum Gasteiger partial charge on any atom is -0.370 e. The van der Waals surface area contributed by atoms with Crippen molar-refractivity contribution in [2.24, 2.45) is 99.1 Å². The molecule has 0 unspecified atom stereocenters. The third-order valence-corrected chi connectivity index (χ3v) is 23.0. The van der Waals surface area contributed by atoms with Crippen molar-refractivity contribution in [3.8, 4) is 0 Å². The summed E-state index contributed by atoms with van der Waals surface area (Å²) in [6, 6.07) is -19.9. The number of hydrogen-bond acceptors (Lipinski definition) is 26. The van der Waals surface area contributed by atoms with Crippen molar-refractivity contribution in [1.82, 2.24) is 90.5 Å². The number of nitrogens with one attached hydrogen (secondary N) is 17. The van der Waals surface area contributed by atoms with Crippen molar-refractivity contribution >= 4 is 112 Å². The summed E-state index contributed by atoms with van der Waals surface area (Å²) in [4.78, 5) is 267. The van der Waals surface area contributed by atoms with E-state index in [-0.39, 0.29) is 195 Å². The Morgan fingerprint density at radius 2 is 0.404 bits per heavy atom. The van der Waals surface area contributed by atoms with Gasteiger partial charge >= 0.3 is 0 Å². The highest BCUT2D eigenvalue weighted by atomic mass is 16.2. The van der Waals surface area contributed by atoms with Crippen LogP contribution in [0.25, 0.3) is 0 Å². The minimum absolute atomic E-state index is 0.0108. The van der Waals surface area contributed by atoms with Crippen LogP contribution in [0, 0.1) is 47.3 Å². The Kier molecular flexibility index (Phi) is 68.3. The number of nitrogens with two attached hydrogens (primary N) is 9. The first-order chi connectivity index (χ1) is 66.4. The smallest absolute Gasteiger partial charge is 0.243 e. The molecule has 0 aliphatic rings. The van der Waals surface area contributed by atoms with Gasteiger partial charge < -0.3 is 131 Å². The van der Waals surface area contributed by atoms with Gasteiger partial charge in [-0.25, -0.2) is 5.84 Å². The van der Waals surface area contributed by atoms with Crippen LogP contribution in [0.3, 0.4) is 0 Å². The molecule has 0 bridgehead atoms. The van der Waals surface area contributed by atoms with Gasteiger partial charge in [-0.2, -0.15) is 0 Å². The largest absolute Gasteiger partial charge is 0.370 e. The molecule has 19 amide bonds. The summed E-state index contributed by atoms with van der Waals surface area (Å²) in [5.41, 5.74) is 48.7. The first kappa shape index (κ1) is 131. The van der Waals surface area contributed by atoms with Gasteiger partial charge in [0.25, 0.3) is 0 Å². The zero-order valence-corrected chi connectivity index (χ0v) is 87.1. The van der Waals surface area contributed by atoms with Gasteiger partial charge in [0.1, 0.15) is 84.6 Å². The molecule has 0 saturated heterocycles. The molecule has 0 spiro atoms. The van der Waals surface area contributed by atoms with E-state index in [2.05, 4.69) is 90.5 Å². The Labute approximate surface area is 835 Å². The molecule has 15 atom stereocenters. The van der Waals surface area contributed by atoms with Gasteiger partial charge in [-0.05, 0) is 253 Å². The lowest BCUT2D eigenvalue weighted by Crippen LogP contribution is -2.61. The van der Waals surface area contributed by atoms with Gasteiger partial charge in [-0.3, -0.25) is 96.5 Å². The maximum atomic E-state index is 15.0. The van der Waals surface area contributed by atoms with Gasteiger partial charge in [-0.15, -0.1) is 0 Å². The predicted octanol–water partition coefficient (Wildman–Crippen LogP) is -1.57. The summed E-state index contributed by atoms with van der Waals surface area (Å²) in [6.07, 6.45) is 4.88. The SMILES string of the molecule is CC(C)C[C@H](NC(=O)[C@H](CCCCN)NC(=O)[C@H](CC(C)C)NC(=O)[C@H](CC(C)C)NC(=O)[C@H](CCCCN)NC(=O)[C@H](CCCCN)NC(=O)[C@H](CC(C)C)NC(=O)[C@H](CC(C)C)NC(=O)[C@H](CCC(N)=O)NC(=O)[C@H](CC(C)C)NC(=O)[C@H](CC(C)C)NC(=O)[C@H](CCCCN)NC(=O)[C@H](CCC(N)=O)NC(=O)[C@@H](N)CC(C)C)C(=O)N[C@@H](CCCCN)C(=O)NCC(=O)NCCCCCC(=O)NN. The topological polar surface area (TPSA) is 763 Å². The number of hydrogen-bond donors (Lipinski definition) is 26. The lowest BCUT2D eigenvalue weighted by Gasteiger charge is -2.30. The Morgan fingerprint density at radius 1 is 0.206 bits per heavy atom. The number of unbranched alkanes of at least 4 members (excludes halogenated alkanes) is 7. The molecule has 0 aromatic carbocycles. The Balaban J connectivity index is 7.45. The van der Waals surface area contributed by atoms with Crippen LogP contribution in [0.2, 0.25) is 0 Å². The van der Waals surface area contributed by atoms with Crippen LogP contribution in [0.5, 0.6) is 0 Å². The van der Waals surface area contributed by atoms with E-state index in [4.69, 9.17) is 51.7 Å². The van der Waals surface area contributed by atoms with Crippen LogP contribution in [0.4, 0.5) is 0 Å². The van der Waals surface area contributed by atoms with E-state index in [1.807, 2.05) is 41.5 Å². The number of primary amides is 2. The van der Waals surface area contributed by atoms with Gasteiger partial charge in [0.15, 0.2) is 0 Å². The number of amides is 19. The van der Waals surface area contributed by atoms with E-state index in [1.54, 1.807) is 69.2 Å². The molecule has 0 aromatic heterocycles.